The highest BCUT2D eigenvalue weighted by molar-refractivity contribution is 5.96. The van der Waals surface area contributed by atoms with Gasteiger partial charge in [-0.05, 0) is 19.1 Å². The number of hydrogen-bond donors (Lipinski definition) is 2. The standard InChI is InChI=1S/C12H14N2O2.ClH/c1-8(13)7-14-12(15)11-6-9-4-2-3-5-10(9)16-11;/h2-6,8H,7,13H2,1H3,(H,14,15);1H. The van der Waals surface area contributed by atoms with Gasteiger partial charge in [-0.25, -0.2) is 0 Å². The molecule has 1 aromatic carbocycles. The molecule has 0 aliphatic heterocycles. The van der Waals surface area contributed by atoms with Gasteiger partial charge in [-0.15, -0.1) is 12.4 Å². The van der Waals surface area contributed by atoms with Gasteiger partial charge in [0.05, 0.1) is 0 Å². The number of carbonyl (C=O) groups is 1. The number of nitrogens with one attached hydrogen (secondary N) is 1. The SMILES string of the molecule is CC(N)CNC(=O)c1cc2ccccc2o1.Cl. The average molecular weight is 255 g/mol. The fourth-order valence-electron chi connectivity index (χ4n) is 1.43. The number of benzene rings is 1. The smallest absolute Gasteiger partial charge is 0.287 e. The van der Waals surface area contributed by atoms with E-state index in [0.29, 0.717) is 17.9 Å². The van der Waals surface area contributed by atoms with E-state index in [1.54, 1.807) is 6.07 Å². The second kappa shape index (κ2) is 5.70. The van der Waals surface area contributed by atoms with Crippen LogP contribution in [0.25, 0.3) is 11.0 Å². The maximum absolute atomic E-state index is 11.7. The Morgan fingerprint density at radius 1 is 1.47 bits per heavy atom. The molecule has 1 atom stereocenters. The van der Waals surface area contributed by atoms with E-state index in [1.807, 2.05) is 31.2 Å². The monoisotopic (exact) mass is 254 g/mol. The van der Waals surface area contributed by atoms with Gasteiger partial charge in [-0.3, -0.25) is 4.79 Å². The maximum Gasteiger partial charge on any atom is 0.287 e. The molecule has 1 aromatic heterocycles. The molecule has 3 N–H and O–H groups in total. The average Bonchev–Trinajstić information content (AvgIpc) is 2.69. The molecule has 1 amide bonds. The topological polar surface area (TPSA) is 68.3 Å². The predicted molar refractivity (Wildman–Crippen MR) is 69.4 cm³/mol. The van der Waals surface area contributed by atoms with Gasteiger partial charge in [-0.2, -0.15) is 0 Å². The van der Waals surface area contributed by atoms with Crippen molar-refractivity contribution in [2.24, 2.45) is 5.73 Å². The van der Waals surface area contributed by atoms with E-state index >= 15 is 0 Å². The van der Waals surface area contributed by atoms with Crippen LogP contribution in [0.1, 0.15) is 17.5 Å². The number of hydrogen-bond acceptors (Lipinski definition) is 3. The Labute approximate surface area is 106 Å². The molecule has 2 aromatic rings. The number of carbonyl (C=O) groups excluding carboxylic acids is 1. The summed E-state index contributed by atoms with van der Waals surface area (Å²) in [5, 5.41) is 3.63. The molecular formula is C12H15ClN2O2. The number of halogens is 1. The number of furan rings is 1. The Hall–Kier alpha value is -1.52. The van der Waals surface area contributed by atoms with E-state index in [2.05, 4.69) is 5.32 Å². The molecule has 0 saturated heterocycles. The lowest BCUT2D eigenvalue weighted by Crippen LogP contribution is -2.34. The second-order valence-corrected chi connectivity index (χ2v) is 3.84. The van der Waals surface area contributed by atoms with Crippen molar-refractivity contribution in [2.45, 2.75) is 13.0 Å². The zero-order chi connectivity index (χ0) is 11.5. The van der Waals surface area contributed by atoms with Crippen molar-refractivity contribution >= 4 is 29.3 Å². The summed E-state index contributed by atoms with van der Waals surface area (Å²) in [6.45, 7) is 2.27. The lowest BCUT2D eigenvalue weighted by molar-refractivity contribution is 0.0926. The Bertz CT molecular complexity index is 475. The van der Waals surface area contributed by atoms with Crippen LogP contribution >= 0.6 is 12.4 Å². The van der Waals surface area contributed by atoms with E-state index in [9.17, 15) is 4.79 Å². The van der Waals surface area contributed by atoms with Gasteiger partial charge >= 0.3 is 0 Å². The third-order valence-corrected chi connectivity index (χ3v) is 2.23. The molecule has 0 fully saturated rings. The van der Waals surface area contributed by atoms with Crippen LogP contribution in [0.15, 0.2) is 34.7 Å². The Morgan fingerprint density at radius 3 is 2.82 bits per heavy atom. The minimum absolute atomic E-state index is 0. The minimum atomic E-state index is -0.228. The van der Waals surface area contributed by atoms with Crippen LogP contribution in [0.3, 0.4) is 0 Å². The molecule has 17 heavy (non-hydrogen) atoms. The first-order valence-electron chi connectivity index (χ1n) is 5.19. The van der Waals surface area contributed by atoms with Crippen molar-refractivity contribution in [2.75, 3.05) is 6.54 Å². The van der Waals surface area contributed by atoms with Gasteiger partial charge in [0.25, 0.3) is 5.91 Å². The van der Waals surface area contributed by atoms with Crippen molar-refractivity contribution in [3.63, 3.8) is 0 Å². The summed E-state index contributed by atoms with van der Waals surface area (Å²) in [5.74, 6) is 0.0929. The second-order valence-electron chi connectivity index (χ2n) is 3.84. The normalized spacial score (nSPS) is 11.9. The van der Waals surface area contributed by atoms with E-state index in [1.165, 1.54) is 0 Å². The van der Waals surface area contributed by atoms with Crippen LogP contribution in [-0.4, -0.2) is 18.5 Å². The van der Waals surface area contributed by atoms with Crippen LogP contribution in [0.2, 0.25) is 0 Å². The molecule has 0 aliphatic carbocycles. The van der Waals surface area contributed by atoms with Gasteiger partial charge in [0.2, 0.25) is 0 Å². The van der Waals surface area contributed by atoms with Crippen molar-refractivity contribution in [3.05, 3.63) is 36.1 Å². The molecule has 0 radical (unpaired) electrons. The van der Waals surface area contributed by atoms with Gasteiger partial charge < -0.3 is 15.5 Å². The van der Waals surface area contributed by atoms with Crippen LogP contribution in [0.5, 0.6) is 0 Å². The van der Waals surface area contributed by atoms with Crippen molar-refractivity contribution in [1.29, 1.82) is 0 Å². The molecule has 0 spiro atoms. The summed E-state index contributed by atoms with van der Waals surface area (Å²) in [6, 6.07) is 9.18. The number of fused-ring (bicyclic) bond motifs is 1. The summed E-state index contributed by atoms with van der Waals surface area (Å²) in [6.07, 6.45) is 0. The molecule has 0 bridgehead atoms. The fraction of sp³-hybridized carbons (Fsp3) is 0.250. The largest absolute Gasteiger partial charge is 0.451 e. The number of amides is 1. The van der Waals surface area contributed by atoms with Gasteiger partial charge in [0.15, 0.2) is 5.76 Å². The fourth-order valence-corrected chi connectivity index (χ4v) is 1.43. The maximum atomic E-state index is 11.7. The molecular weight excluding hydrogens is 240 g/mol. The van der Waals surface area contributed by atoms with E-state index in [-0.39, 0.29) is 24.4 Å². The lowest BCUT2D eigenvalue weighted by atomic mass is 10.2. The highest BCUT2D eigenvalue weighted by Gasteiger charge is 2.11. The molecule has 4 nitrogen and oxygen atoms in total. The first-order chi connectivity index (χ1) is 7.66. The number of para-hydroxylation sites is 1. The first-order valence-corrected chi connectivity index (χ1v) is 5.19. The number of rotatable bonds is 3. The van der Waals surface area contributed by atoms with Crippen molar-refractivity contribution in [1.82, 2.24) is 5.32 Å². The van der Waals surface area contributed by atoms with Gasteiger partial charge in [-0.1, -0.05) is 18.2 Å². The minimum Gasteiger partial charge on any atom is -0.451 e. The summed E-state index contributed by atoms with van der Waals surface area (Å²) in [4.78, 5) is 11.7. The molecule has 1 unspecified atom stereocenters. The Morgan fingerprint density at radius 2 is 2.18 bits per heavy atom. The zero-order valence-corrected chi connectivity index (χ0v) is 10.3. The van der Waals surface area contributed by atoms with E-state index in [4.69, 9.17) is 10.2 Å². The summed E-state index contributed by atoms with van der Waals surface area (Å²) < 4.78 is 5.41. The molecule has 5 heteroatoms. The summed E-state index contributed by atoms with van der Waals surface area (Å²) in [7, 11) is 0. The predicted octanol–water partition coefficient (Wildman–Crippen LogP) is 1.93. The third-order valence-electron chi connectivity index (χ3n) is 2.23. The third kappa shape index (κ3) is 3.22. The quantitative estimate of drug-likeness (QED) is 0.880. The molecule has 2 rings (SSSR count). The number of nitrogens with two attached hydrogens (primary N) is 1. The molecule has 0 aliphatic rings. The van der Waals surface area contributed by atoms with Gasteiger partial charge in [0.1, 0.15) is 5.58 Å². The summed E-state index contributed by atoms with van der Waals surface area (Å²) in [5.41, 5.74) is 6.26. The van der Waals surface area contributed by atoms with Crippen LogP contribution in [0.4, 0.5) is 0 Å². The first kappa shape index (κ1) is 13.5. The van der Waals surface area contributed by atoms with Gasteiger partial charge in [0, 0.05) is 18.0 Å². The Balaban J connectivity index is 0.00000144. The Kier molecular flexibility index (Phi) is 4.54. The van der Waals surface area contributed by atoms with Crippen molar-refractivity contribution in [3.8, 4) is 0 Å². The molecule has 0 saturated carbocycles. The lowest BCUT2D eigenvalue weighted by Gasteiger charge is -2.05. The van der Waals surface area contributed by atoms with E-state index < -0.39 is 0 Å². The molecule has 92 valence electrons. The zero-order valence-electron chi connectivity index (χ0n) is 9.47. The highest BCUT2D eigenvalue weighted by Crippen LogP contribution is 2.18. The van der Waals surface area contributed by atoms with Crippen LogP contribution < -0.4 is 11.1 Å². The summed E-state index contributed by atoms with van der Waals surface area (Å²) >= 11 is 0. The highest BCUT2D eigenvalue weighted by atomic mass is 35.5. The van der Waals surface area contributed by atoms with Crippen LogP contribution in [-0.2, 0) is 0 Å². The van der Waals surface area contributed by atoms with Crippen LogP contribution in [0, 0.1) is 0 Å². The molecule has 1 heterocycles. The van der Waals surface area contributed by atoms with E-state index in [0.717, 1.165) is 5.39 Å². The van der Waals surface area contributed by atoms with Crippen molar-refractivity contribution < 1.29 is 9.21 Å².